The van der Waals surface area contributed by atoms with Crippen molar-refractivity contribution >= 4 is 6.09 Å². The maximum absolute atomic E-state index is 11.9. The molecule has 2 heterocycles. The fourth-order valence-corrected chi connectivity index (χ4v) is 3.66. The summed E-state index contributed by atoms with van der Waals surface area (Å²) >= 11 is 0. The summed E-state index contributed by atoms with van der Waals surface area (Å²) in [7, 11) is 0. The van der Waals surface area contributed by atoms with E-state index in [0.717, 1.165) is 24.3 Å². The van der Waals surface area contributed by atoms with Crippen LogP contribution in [0.3, 0.4) is 0 Å². The minimum atomic E-state index is -0.491. The molecule has 1 aliphatic heterocycles. The molecule has 0 radical (unpaired) electrons. The van der Waals surface area contributed by atoms with E-state index in [4.69, 9.17) is 14.0 Å². The fraction of sp³-hybridized carbons (Fsp3) is 0.591. The summed E-state index contributed by atoms with van der Waals surface area (Å²) in [5.41, 5.74) is 0.332. The zero-order chi connectivity index (χ0) is 21.7. The second-order valence-electron chi connectivity index (χ2n) is 8.70. The third-order valence-corrected chi connectivity index (χ3v) is 4.96. The lowest BCUT2D eigenvalue weighted by Gasteiger charge is -2.20. The fourth-order valence-electron chi connectivity index (χ4n) is 3.66. The monoisotopic (exact) mass is 416 g/mol. The molecule has 1 aliphatic rings. The molecule has 1 saturated heterocycles. The lowest BCUT2D eigenvalue weighted by Crippen LogP contribution is -2.36. The van der Waals surface area contributed by atoms with E-state index in [1.54, 1.807) is 0 Å². The van der Waals surface area contributed by atoms with E-state index in [-0.39, 0.29) is 6.09 Å². The number of nitrogens with zero attached hydrogens (tertiary/aromatic N) is 3. The number of hydrogen-bond acceptors (Lipinski definition) is 7. The number of aromatic nitrogens is 2. The smallest absolute Gasteiger partial charge is 0.407 e. The number of likely N-dealkylation sites (tertiary alicyclic amines) is 1. The number of para-hydroxylation sites is 1. The van der Waals surface area contributed by atoms with Gasteiger partial charge >= 0.3 is 6.09 Å². The Hall–Kier alpha value is -2.61. The Morgan fingerprint density at radius 3 is 2.83 bits per heavy atom. The van der Waals surface area contributed by atoms with Crippen molar-refractivity contribution in [1.82, 2.24) is 20.4 Å². The Labute approximate surface area is 177 Å². The maximum atomic E-state index is 11.9. The van der Waals surface area contributed by atoms with E-state index < -0.39 is 5.60 Å². The van der Waals surface area contributed by atoms with Gasteiger partial charge in [-0.25, -0.2) is 4.79 Å². The van der Waals surface area contributed by atoms with Gasteiger partial charge in [0.25, 0.3) is 0 Å². The highest BCUT2D eigenvalue weighted by molar-refractivity contribution is 5.67. The Bertz CT molecular complexity index is 846. The number of hydrogen-bond donors (Lipinski definition) is 1. The van der Waals surface area contributed by atoms with E-state index in [0.29, 0.717) is 43.4 Å². The largest absolute Gasteiger partial charge is 0.493 e. The van der Waals surface area contributed by atoms with E-state index in [1.165, 1.54) is 0 Å². The van der Waals surface area contributed by atoms with Gasteiger partial charge in [0.05, 0.1) is 18.7 Å². The predicted molar refractivity (Wildman–Crippen MR) is 113 cm³/mol. The van der Waals surface area contributed by atoms with Gasteiger partial charge in [-0.15, -0.1) is 0 Å². The molecule has 0 spiro atoms. The van der Waals surface area contributed by atoms with Gasteiger partial charge in [-0.1, -0.05) is 17.3 Å². The molecular weight excluding hydrogens is 384 g/mol. The Morgan fingerprint density at radius 2 is 2.10 bits per heavy atom. The molecule has 164 valence electrons. The van der Waals surface area contributed by atoms with Crippen molar-refractivity contribution in [3.05, 3.63) is 30.2 Å². The molecule has 2 unspecified atom stereocenters. The van der Waals surface area contributed by atoms with Crippen molar-refractivity contribution in [2.24, 2.45) is 5.92 Å². The van der Waals surface area contributed by atoms with Crippen molar-refractivity contribution in [2.45, 2.75) is 59.2 Å². The van der Waals surface area contributed by atoms with Crippen LogP contribution in [-0.4, -0.2) is 52.5 Å². The number of rotatable bonds is 7. The second kappa shape index (κ2) is 9.47. The number of nitrogens with one attached hydrogen (secondary N) is 1. The summed E-state index contributed by atoms with van der Waals surface area (Å²) in [6, 6.07) is 8.04. The quantitative estimate of drug-likeness (QED) is 0.733. The van der Waals surface area contributed by atoms with Gasteiger partial charge in [-0.3, -0.25) is 4.90 Å². The molecule has 2 atom stereocenters. The molecule has 3 rings (SSSR count). The van der Waals surface area contributed by atoms with Gasteiger partial charge in [0, 0.05) is 19.1 Å². The highest BCUT2D eigenvalue weighted by atomic mass is 16.6. The van der Waals surface area contributed by atoms with Crippen LogP contribution in [0.1, 0.15) is 46.9 Å². The molecule has 1 amide bonds. The highest BCUT2D eigenvalue weighted by Crippen LogP contribution is 2.29. The Balaban J connectivity index is 1.56. The van der Waals surface area contributed by atoms with Gasteiger partial charge in [0.1, 0.15) is 11.4 Å². The van der Waals surface area contributed by atoms with Crippen molar-refractivity contribution in [1.29, 1.82) is 0 Å². The molecule has 2 aromatic rings. The van der Waals surface area contributed by atoms with Gasteiger partial charge in [-0.2, -0.15) is 4.98 Å². The molecule has 1 aromatic heterocycles. The average molecular weight is 417 g/mol. The van der Waals surface area contributed by atoms with E-state index in [1.807, 2.05) is 52.0 Å². The number of amides is 1. The maximum Gasteiger partial charge on any atom is 0.407 e. The number of alkyl carbamates (subject to hydrolysis) is 1. The van der Waals surface area contributed by atoms with Crippen LogP contribution in [0.25, 0.3) is 11.4 Å². The number of ether oxygens (including phenoxy) is 2. The van der Waals surface area contributed by atoms with Crippen LogP contribution in [0.4, 0.5) is 4.79 Å². The molecule has 1 N–H and O–H groups in total. The third-order valence-electron chi connectivity index (χ3n) is 4.96. The van der Waals surface area contributed by atoms with Gasteiger partial charge in [0.15, 0.2) is 0 Å². The van der Waals surface area contributed by atoms with Crippen LogP contribution >= 0.6 is 0 Å². The van der Waals surface area contributed by atoms with E-state index in [9.17, 15) is 4.79 Å². The lowest BCUT2D eigenvalue weighted by atomic mass is 10.1. The molecule has 0 bridgehead atoms. The first-order valence-electron chi connectivity index (χ1n) is 10.5. The molecule has 8 heteroatoms. The summed E-state index contributed by atoms with van der Waals surface area (Å²) in [5, 5.41) is 7.02. The molecule has 0 saturated carbocycles. The first kappa shape index (κ1) is 22.1. The molecule has 1 aromatic carbocycles. The minimum absolute atomic E-state index is 0.355. The van der Waals surface area contributed by atoms with Crippen LogP contribution < -0.4 is 10.1 Å². The van der Waals surface area contributed by atoms with E-state index in [2.05, 4.69) is 27.3 Å². The van der Waals surface area contributed by atoms with Crippen molar-refractivity contribution in [3.8, 4) is 17.1 Å². The van der Waals surface area contributed by atoms with Gasteiger partial charge in [-0.05, 0) is 59.1 Å². The van der Waals surface area contributed by atoms with E-state index >= 15 is 0 Å². The van der Waals surface area contributed by atoms with Crippen LogP contribution in [-0.2, 0) is 11.3 Å². The zero-order valence-electron chi connectivity index (χ0n) is 18.5. The average Bonchev–Trinajstić information content (AvgIpc) is 3.27. The van der Waals surface area contributed by atoms with Crippen molar-refractivity contribution < 1.29 is 18.8 Å². The standard InChI is InChI=1S/C22H32N4O4/c1-6-28-18-10-8-7-9-17(18)20-24-19(30-25-20)14-26-13-16(11-15(26)2)12-23-21(27)29-22(3,4)5/h7-10,15-16H,6,11-14H2,1-5H3,(H,23,27). The molecule has 0 aliphatic carbocycles. The molecular formula is C22H32N4O4. The topological polar surface area (TPSA) is 89.7 Å². The van der Waals surface area contributed by atoms with Crippen LogP contribution in [0.2, 0.25) is 0 Å². The lowest BCUT2D eigenvalue weighted by molar-refractivity contribution is 0.0519. The third kappa shape index (κ3) is 5.95. The number of carbonyl (C=O) groups is 1. The second-order valence-corrected chi connectivity index (χ2v) is 8.70. The molecule has 1 fully saturated rings. The summed E-state index contributed by atoms with van der Waals surface area (Å²) in [6.07, 6.45) is 0.618. The van der Waals surface area contributed by atoms with Crippen molar-refractivity contribution in [2.75, 3.05) is 19.7 Å². The zero-order valence-corrected chi connectivity index (χ0v) is 18.5. The van der Waals surface area contributed by atoms with Crippen molar-refractivity contribution in [3.63, 3.8) is 0 Å². The minimum Gasteiger partial charge on any atom is -0.493 e. The summed E-state index contributed by atoms with van der Waals surface area (Å²) in [4.78, 5) is 18.8. The van der Waals surface area contributed by atoms with Gasteiger partial charge < -0.3 is 19.3 Å². The van der Waals surface area contributed by atoms with Crippen LogP contribution in [0, 0.1) is 5.92 Å². The predicted octanol–water partition coefficient (Wildman–Crippen LogP) is 3.87. The number of benzene rings is 1. The SMILES string of the molecule is CCOc1ccccc1-c1noc(CN2CC(CNC(=O)OC(C)(C)C)CC2C)n1. The summed E-state index contributed by atoms with van der Waals surface area (Å²) in [6.45, 7) is 12.3. The molecule has 8 nitrogen and oxygen atoms in total. The van der Waals surface area contributed by atoms with Crippen LogP contribution in [0.5, 0.6) is 5.75 Å². The normalized spacial score (nSPS) is 19.6. The first-order chi connectivity index (χ1) is 14.2. The Kier molecular flexibility index (Phi) is 6.97. The molecule has 30 heavy (non-hydrogen) atoms. The van der Waals surface area contributed by atoms with Gasteiger partial charge in [0.2, 0.25) is 11.7 Å². The Morgan fingerprint density at radius 1 is 1.33 bits per heavy atom. The summed E-state index contributed by atoms with van der Waals surface area (Å²) in [5.74, 6) is 2.21. The first-order valence-corrected chi connectivity index (χ1v) is 10.5. The summed E-state index contributed by atoms with van der Waals surface area (Å²) < 4.78 is 16.5. The van der Waals surface area contributed by atoms with Crippen LogP contribution in [0.15, 0.2) is 28.8 Å². The number of carbonyl (C=O) groups excluding carboxylic acids is 1. The highest BCUT2D eigenvalue weighted by Gasteiger charge is 2.31.